The van der Waals surface area contributed by atoms with E-state index in [1.165, 1.54) is 17.1 Å². The lowest BCUT2D eigenvalue weighted by atomic mass is 10.1. The number of rotatable bonds is 6. The Morgan fingerprint density at radius 2 is 2.17 bits per heavy atom. The van der Waals surface area contributed by atoms with E-state index in [9.17, 15) is 4.79 Å². The van der Waals surface area contributed by atoms with Crippen LogP contribution in [0.2, 0.25) is 0 Å². The second-order valence-corrected chi connectivity index (χ2v) is 6.69. The fraction of sp³-hybridized carbons (Fsp3) is 0.238. The molecule has 1 amide bonds. The van der Waals surface area contributed by atoms with Crippen molar-refractivity contribution in [2.24, 2.45) is 0 Å². The quantitative estimate of drug-likeness (QED) is 0.650. The molecule has 0 bridgehead atoms. The van der Waals surface area contributed by atoms with Gasteiger partial charge in [-0.3, -0.25) is 4.79 Å². The molecule has 4 rings (SSSR count). The number of hydrogen-bond donors (Lipinski definition) is 1. The summed E-state index contributed by atoms with van der Waals surface area (Å²) in [6.45, 7) is 4.52. The van der Waals surface area contributed by atoms with Gasteiger partial charge in [-0.2, -0.15) is 0 Å². The van der Waals surface area contributed by atoms with E-state index < -0.39 is 0 Å². The Morgan fingerprint density at radius 1 is 1.34 bits per heavy atom. The summed E-state index contributed by atoms with van der Waals surface area (Å²) in [5.74, 6) is 1.36. The van der Waals surface area contributed by atoms with Gasteiger partial charge >= 0.3 is 0 Å². The average Bonchev–Trinajstić information content (AvgIpc) is 3.36. The molecule has 3 aromatic rings. The summed E-state index contributed by atoms with van der Waals surface area (Å²) in [6, 6.07) is 11.1. The van der Waals surface area contributed by atoms with E-state index in [2.05, 4.69) is 20.8 Å². The van der Waals surface area contributed by atoms with E-state index in [-0.39, 0.29) is 12.0 Å². The molecule has 29 heavy (non-hydrogen) atoms. The molecular weight excluding hydrogens is 370 g/mol. The molecule has 0 saturated heterocycles. The van der Waals surface area contributed by atoms with Crippen molar-refractivity contribution in [1.29, 1.82) is 0 Å². The minimum Gasteiger partial charge on any atom is -0.493 e. The number of anilines is 1. The van der Waals surface area contributed by atoms with Crippen molar-refractivity contribution in [1.82, 2.24) is 20.2 Å². The number of fused-ring (bicyclic) bond motifs is 1. The molecule has 0 aliphatic carbocycles. The summed E-state index contributed by atoms with van der Waals surface area (Å²) < 4.78 is 13.1. The van der Waals surface area contributed by atoms with Crippen LogP contribution < -0.4 is 14.8 Å². The van der Waals surface area contributed by atoms with E-state index in [0.29, 0.717) is 12.3 Å². The molecule has 1 N–H and O–H groups in total. The van der Waals surface area contributed by atoms with E-state index in [1.54, 1.807) is 18.2 Å². The molecule has 1 aliphatic rings. The molecule has 8 nitrogen and oxygen atoms in total. The van der Waals surface area contributed by atoms with Crippen LogP contribution >= 0.6 is 0 Å². The first kappa shape index (κ1) is 18.7. The third kappa shape index (κ3) is 4.26. The Bertz CT molecular complexity index is 1030. The smallest absolute Gasteiger partial charge is 0.248 e. The number of aromatic nitrogens is 4. The number of carbonyl (C=O) groups excluding carboxylic acids is 1. The van der Waals surface area contributed by atoms with Crippen molar-refractivity contribution in [2.75, 3.05) is 11.9 Å². The van der Waals surface area contributed by atoms with Crippen molar-refractivity contribution >= 4 is 17.7 Å². The van der Waals surface area contributed by atoms with Gasteiger partial charge in [-0.05, 0) is 66.7 Å². The van der Waals surface area contributed by atoms with Crippen LogP contribution in [0.15, 0.2) is 48.8 Å². The van der Waals surface area contributed by atoms with Crippen LogP contribution in [0.1, 0.15) is 25.0 Å². The number of carbonyl (C=O) groups is 1. The van der Waals surface area contributed by atoms with E-state index in [4.69, 9.17) is 9.47 Å². The highest BCUT2D eigenvalue weighted by Gasteiger charge is 2.21. The maximum atomic E-state index is 12.3. The second-order valence-electron chi connectivity index (χ2n) is 6.69. The summed E-state index contributed by atoms with van der Waals surface area (Å²) in [7, 11) is 0. The van der Waals surface area contributed by atoms with Gasteiger partial charge in [0.1, 0.15) is 23.9 Å². The number of tetrazole rings is 1. The summed E-state index contributed by atoms with van der Waals surface area (Å²) in [4.78, 5) is 12.3. The van der Waals surface area contributed by atoms with Crippen LogP contribution in [0.5, 0.6) is 11.5 Å². The fourth-order valence-corrected chi connectivity index (χ4v) is 3.19. The molecule has 1 aliphatic heterocycles. The second kappa shape index (κ2) is 8.14. The van der Waals surface area contributed by atoms with Gasteiger partial charge in [0.25, 0.3) is 0 Å². The Hall–Kier alpha value is -3.68. The number of amides is 1. The van der Waals surface area contributed by atoms with Crippen molar-refractivity contribution in [3.63, 3.8) is 0 Å². The highest BCUT2D eigenvalue weighted by molar-refractivity contribution is 6.02. The predicted octanol–water partition coefficient (Wildman–Crippen LogP) is 3.04. The first-order valence-electron chi connectivity index (χ1n) is 9.41. The Kier molecular flexibility index (Phi) is 5.24. The maximum Gasteiger partial charge on any atom is 0.248 e. The largest absolute Gasteiger partial charge is 0.493 e. The maximum absolute atomic E-state index is 12.3. The molecule has 2 heterocycles. The van der Waals surface area contributed by atoms with Crippen molar-refractivity contribution in [2.45, 2.75) is 26.4 Å². The summed E-state index contributed by atoms with van der Waals surface area (Å²) in [6.07, 6.45) is 5.74. The summed E-state index contributed by atoms with van der Waals surface area (Å²) >= 11 is 0. The van der Waals surface area contributed by atoms with Crippen LogP contribution in [-0.4, -0.2) is 38.8 Å². The minimum absolute atomic E-state index is 0.151. The Morgan fingerprint density at radius 3 is 2.90 bits per heavy atom. The van der Waals surface area contributed by atoms with Gasteiger partial charge in [-0.25, -0.2) is 4.68 Å². The first-order valence-corrected chi connectivity index (χ1v) is 9.41. The number of nitrogens with zero attached hydrogens (tertiary/aromatic N) is 4. The lowest BCUT2D eigenvalue weighted by Gasteiger charge is -2.10. The van der Waals surface area contributed by atoms with Gasteiger partial charge in [-0.1, -0.05) is 0 Å². The monoisotopic (exact) mass is 391 g/mol. The zero-order chi connectivity index (χ0) is 20.2. The highest BCUT2D eigenvalue weighted by Crippen LogP contribution is 2.35. The zero-order valence-corrected chi connectivity index (χ0v) is 16.2. The number of nitrogens with one attached hydrogen (secondary N) is 1. The highest BCUT2D eigenvalue weighted by atomic mass is 16.5. The SMILES string of the molecule is CCOc1cc2c(cc1/C=C/C(=O)Nc1ccc(-n3cnnn3)cc1)OC(C)C2. The van der Waals surface area contributed by atoms with Gasteiger partial charge in [0.15, 0.2) is 0 Å². The standard InChI is InChI=1S/C21H21N5O3/c1-3-28-19-12-16-10-14(2)29-20(16)11-15(19)4-9-21(27)23-17-5-7-18(8-6-17)26-13-22-24-25-26/h4-9,11-14H,3,10H2,1-2H3,(H,23,27)/b9-4+. The number of ether oxygens (including phenoxy) is 2. The minimum atomic E-state index is -0.239. The molecule has 0 fully saturated rings. The van der Waals surface area contributed by atoms with Gasteiger partial charge in [0, 0.05) is 29.3 Å². The molecule has 1 atom stereocenters. The molecule has 0 saturated carbocycles. The van der Waals surface area contributed by atoms with Gasteiger partial charge in [0.2, 0.25) is 5.91 Å². The van der Waals surface area contributed by atoms with Crippen molar-refractivity contribution in [3.8, 4) is 17.2 Å². The van der Waals surface area contributed by atoms with Crippen LogP contribution in [0.4, 0.5) is 5.69 Å². The predicted molar refractivity (Wildman–Crippen MR) is 108 cm³/mol. The van der Waals surface area contributed by atoms with E-state index in [1.807, 2.05) is 38.1 Å². The van der Waals surface area contributed by atoms with Gasteiger partial charge < -0.3 is 14.8 Å². The van der Waals surface area contributed by atoms with Crippen LogP contribution in [0.25, 0.3) is 11.8 Å². The molecule has 148 valence electrons. The Balaban J connectivity index is 1.46. The van der Waals surface area contributed by atoms with E-state index >= 15 is 0 Å². The lowest BCUT2D eigenvalue weighted by molar-refractivity contribution is -0.111. The lowest BCUT2D eigenvalue weighted by Crippen LogP contribution is -2.08. The number of benzene rings is 2. The summed E-state index contributed by atoms with van der Waals surface area (Å²) in [5.41, 5.74) is 3.42. The van der Waals surface area contributed by atoms with Gasteiger partial charge in [0.05, 0.1) is 12.3 Å². The van der Waals surface area contributed by atoms with Crippen molar-refractivity contribution < 1.29 is 14.3 Å². The average molecular weight is 391 g/mol. The normalized spacial score (nSPS) is 15.2. The fourth-order valence-electron chi connectivity index (χ4n) is 3.19. The zero-order valence-electron chi connectivity index (χ0n) is 16.2. The van der Waals surface area contributed by atoms with Crippen molar-refractivity contribution in [3.05, 3.63) is 59.9 Å². The van der Waals surface area contributed by atoms with Crippen LogP contribution in [0.3, 0.4) is 0 Å². The van der Waals surface area contributed by atoms with Gasteiger partial charge in [-0.15, -0.1) is 5.10 Å². The third-order valence-corrected chi connectivity index (χ3v) is 4.49. The molecule has 1 aromatic heterocycles. The molecular formula is C21H21N5O3. The first-order chi connectivity index (χ1) is 14.1. The molecule has 0 spiro atoms. The molecule has 8 heteroatoms. The summed E-state index contributed by atoms with van der Waals surface area (Å²) in [5, 5.41) is 13.9. The van der Waals surface area contributed by atoms with Crippen LogP contribution in [0, 0.1) is 0 Å². The Labute approximate surface area is 168 Å². The molecule has 0 radical (unpaired) electrons. The number of hydrogen-bond acceptors (Lipinski definition) is 6. The molecule has 1 unspecified atom stereocenters. The topological polar surface area (TPSA) is 91.2 Å². The molecule has 2 aromatic carbocycles. The van der Waals surface area contributed by atoms with E-state index in [0.717, 1.165) is 34.7 Å². The van der Waals surface area contributed by atoms with Crippen LogP contribution in [-0.2, 0) is 11.2 Å². The third-order valence-electron chi connectivity index (χ3n) is 4.49.